The van der Waals surface area contributed by atoms with Gasteiger partial charge < -0.3 is 19.7 Å². The fraction of sp³-hybridized carbons (Fsp3) is 0.360. The quantitative estimate of drug-likeness (QED) is 0.711. The van der Waals surface area contributed by atoms with Crippen molar-refractivity contribution in [3.05, 3.63) is 70.9 Å². The Hall–Kier alpha value is -3.12. The second-order valence-corrected chi connectivity index (χ2v) is 8.63. The number of benzene rings is 2. The molecule has 0 radical (unpaired) electrons. The Morgan fingerprint density at radius 2 is 1.74 bits per heavy atom. The van der Waals surface area contributed by atoms with Crippen LogP contribution in [0, 0.1) is 6.92 Å². The number of amides is 2. The first-order chi connectivity index (χ1) is 15.0. The first-order valence-electron chi connectivity index (χ1n) is 11.0. The van der Waals surface area contributed by atoms with Crippen LogP contribution in [0.25, 0.3) is 10.9 Å². The molecular weight excluding hydrogens is 388 g/mol. The normalized spacial score (nSPS) is 19.3. The summed E-state index contributed by atoms with van der Waals surface area (Å²) in [6.07, 6.45) is 0.349. The molecule has 3 aromatic rings. The maximum atomic E-state index is 13.4. The third-order valence-electron chi connectivity index (χ3n) is 6.70. The van der Waals surface area contributed by atoms with Crippen molar-refractivity contribution in [1.29, 1.82) is 0 Å². The molecular formula is C25H28N4O2. The summed E-state index contributed by atoms with van der Waals surface area (Å²) in [7, 11) is 2.08. The first-order valence-corrected chi connectivity index (χ1v) is 11.0. The molecule has 31 heavy (non-hydrogen) atoms. The number of aromatic nitrogens is 1. The second kappa shape index (κ2) is 7.85. The van der Waals surface area contributed by atoms with Gasteiger partial charge in [0.2, 0.25) is 5.91 Å². The number of likely N-dealkylation sites (N-methyl/N-ethyl adjacent to an activating group) is 1. The van der Waals surface area contributed by atoms with E-state index in [0.717, 1.165) is 59.5 Å². The van der Waals surface area contributed by atoms with Crippen molar-refractivity contribution >= 4 is 22.7 Å². The molecule has 0 aliphatic carbocycles. The van der Waals surface area contributed by atoms with Gasteiger partial charge in [0.15, 0.2) is 0 Å². The zero-order chi connectivity index (χ0) is 21.5. The molecule has 2 aliphatic heterocycles. The van der Waals surface area contributed by atoms with Gasteiger partial charge in [-0.3, -0.25) is 9.59 Å². The number of hydrogen-bond acceptors (Lipinski definition) is 3. The minimum absolute atomic E-state index is 0.0106. The number of para-hydroxylation sites is 1. The van der Waals surface area contributed by atoms with E-state index in [1.54, 1.807) is 0 Å². The highest BCUT2D eigenvalue weighted by Crippen LogP contribution is 2.42. The van der Waals surface area contributed by atoms with Crippen molar-refractivity contribution in [3.8, 4) is 0 Å². The van der Waals surface area contributed by atoms with E-state index in [1.165, 1.54) is 0 Å². The van der Waals surface area contributed by atoms with Gasteiger partial charge in [0.25, 0.3) is 5.91 Å². The summed E-state index contributed by atoms with van der Waals surface area (Å²) in [5.74, 6) is 0.141. The molecule has 0 unspecified atom stereocenters. The number of carbonyl (C=O) groups excluding carboxylic acids is 2. The molecule has 1 atom stereocenters. The van der Waals surface area contributed by atoms with Crippen LogP contribution in [0.4, 0.5) is 0 Å². The Kier molecular flexibility index (Phi) is 5.02. The van der Waals surface area contributed by atoms with Gasteiger partial charge in [-0.05, 0) is 31.7 Å². The van der Waals surface area contributed by atoms with E-state index < -0.39 is 0 Å². The molecule has 2 aliphatic rings. The lowest BCUT2D eigenvalue weighted by Crippen LogP contribution is -2.47. The van der Waals surface area contributed by atoms with Gasteiger partial charge in [-0.15, -0.1) is 0 Å². The topological polar surface area (TPSA) is 59.7 Å². The summed E-state index contributed by atoms with van der Waals surface area (Å²) in [6, 6.07) is 15.9. The van der Waals surface area contributed by atoms with Crippen LogP contribution in [-0.2, 0) is 4.79 Å². The summed E-state index contributed by atoms with van der Waals surface area (Å²) < 4.78 is 0. The summed E-state index contributed by atoms with van der Waals surface area (Å²) >= 11 is 0. The van der Waals surface area contributed by atoms with Crippen LogP contribution >= 0.6 is 0 Å². The molecule has 1 fully saturated rings. The smallest absolute Gasteiger partial charge is 0.255 e. The van der Waals surface area contributed by atoms with Crippen molar-refractivity contribution in [2.45, 2.75) is 19.4 Å². The Morgan fingerprint density at radius 1 is 1.03 bits per heavy atom. The fourth-order valence-electron chi connectivity index (χ4n) is 4.99. The molecule has 5 rings (SSSR count). The SMILES string of the molecule is Cc1[nH]c2ccccc2c1[C@H]1c2ccccc2C(=O)N1CCC(=O)N1CCN(C)CC1. The van der Waals surface area contributed by atoms with Crippen LogP contribution in [-0.4, -0.2) is 71.3 Å². The number of fused-ring (bicyclic) bond motifs is 2. The number of H-pyrrole nitrogens is 1. The van der Waals surface area contributed by atoms with Crippen molar-refractivity contribution in [3.63, 3.8) is 0 Å². The number of rotatable bonds is 4. The van der Waals surface area contributed by atoms with Crippen LogP contribution < -0.4 is 0 Å². The third-order valence-corrected chi connectivity index (χ3v) is 6.70. The first kappa shape index (κ1) is 19.8. The van der Waals surface area contributed by atoms with E-state index in [0.29, 0.717) is 13.0 Å². The van der Waals surface area contributed by atoms with E-state index in [-0.39, 0.29) is 17.9 Å². The van der Waals surface area contributed by atoms with Gasteiger partial charge >= 0.3 is 0 Å². The third kappa shape index (κ3) is 3.41. The molecule has 0 spiro atoms. The molecule has 0 bridgehead atoms. The largest absolute Gasteiger partial charge is 0.358 e. The van der Waals surface area contributed by atoms with Crippen molar-refractivity contribution < 1.29 is 9.59 Å². The number of nitrogens with zero attached hydrogens (tertiary/aromatic N) is 3. The molecule has 0 saturated carbocycles. The minimum Gasteiger partial charge on any atom is -0.358 e. The molecule has 1 aromatic heterocycles. The molecule has 1 N–H and O–H groups in total. The average molecular weight is 417 g/mol. The van der Waals surface area contributed by atoms with Crippen LogP contribution in [0.5, 0.6) is 0 Å². The van der Waals surface area contributed by atoms with Crippen molar-refractivity contribution in [2.24, 2.45) is 0 Å². The lowest BCUT2D eigenvalue weighted by atomic mass is 9.95. The highest BCUT2D eigenvalue weighted by molar-refractivity contribution is 6.01. The maximum absolute atomic E-state index is 13.4. The van der Waals surface area contributed by atoms with Gasteiger partial charge in [-0.2, -0.15) is 0 Å². The number of aromatic amines is 1. The number of hydrogen-bond donors (Lipinski definition) is 1. The average Bonchev–Trinajstić information content (AvgIpc) is 3.25. The van der Waals surface area contributed by atoms with E-state index in [1.807, 2.05) is 46.2 Å². The monoisotopic (exact) mass is 416 g/mol. The summed E-state index contributed by atoms with van der Waals surface area (Å²) in [6.45, 7) is 5.80. The number of nitrogens with one attached hydrogen (secondary N) is 1. The summed E-state index contributed by atoms with van der Waals surface area (Å²) in [5, 5.41) is 1.13. The Balaban J connectivity index is 1.46. The van der Waals surface area contributed by atoms with Gasteiger partial charge in [0.05, 0.1) is 6.04 Å². The fourth-order valence-corrected chi connectivity index (χ4v) is 4.99. The van der Waals surface area contributed by atoms with Gasteiger partial charge in [-0.25, -0.2) is 0 Å². The summed E-state index contributed by atoms with van der Waals surface area (Å²) in [5.41, 5.74) is 5.02. The molecule has 1 saturated heterocycles. The van der Waals surface area contributed by atoms with Gasteiger partial charge in [-0.1, -0.05) is 36.4 Å². The molecule has 6 nitrogen and oxygen atoms in total. The predicted molar refractivity (Wildman–Crippen MR) is 121 cm³/mol. The van der Waals surface area contributed by atoms with E-state index in [4.69, 9.17) is 0 Å². The molecule has 2 aromatic carbocycles. The van der Waals surface area contributed by atoms with Crippen LogP contribution in [0.2, 0.25) is 0 Å². The Labute approximate surface area is 182 Å². The van der Waals surface area contributed by atoms with Gasteiger partial charge in [0.1, 0.15) is 0 Å². The predicted octanol–water partition coefficient (Wildman–Crippen LogP) is 3.19. The standard InChI is InChI=1S/C25H28N4O2/c1-17-23(20-9-5-6-10-21(20)26-17)24-18-7-3-4-8-19(18)25(31)29(24)12-11-22(30)28-15-13-27(2)14-16-28/h3-10,24,26H,11-16H2,1-2H3/t24-/m1/s1. The van der Waals surface area contributed by atoms with Crippen molar-refractivity contribution in [1.82, 2.24) is 19.7 Å². The van der Waals surface area contributed by atoms with E-state index in [2.05, 4.69) is 36.0 Å². The highest BCUT2D eigenvalue weighted by Gasteiger charge is 2.39. The minimum atomic E-state index is -0.180. The number of carbonyl (C=O) groups is 2. The Bertz CT molecular complexity index is 1140. The number of aryl methyl sites for hydroxylation is 1. The zero-order valence-corrected chi connectivity index (χ0v) is 18.1. The Morgan fingerprint density at radius 3 is 2.55 bits per heavy atom. The highest BCUT2D eigenvalue weighted by atomic mass is 16.2. The zero-order valence-electron chi connectivity index (χ0n) is 18.1. The van der Waals surface area contributed by atoms with E-state index >= 15 is 0 Å². The molecule has 2 amide bonds. The molecule has 160 valence electrons. The lowest BCUT2D eigenvalue weighted by Gasteiger charge is -2.33. The molecule has 6 heteroatoms. The second-order valence-electron chi connectivity index (χ2n) is 8.63. The molecule has 3 heterocycles. The lowest BCUT2D eigenvalue weighted by molar-refractivity contribution is -0.133. The van der Waals surface area contributed by atoms with Crippen LogP contribution in [0.1, 0.15) is 39.6 Å². The maximum Gasteiger partial charge on any atom is 0.255 e. The van der Waals surface area contributed by atoms with Crippen molar-refractivity contribution in [2.75, 3.05) is 39.8 Å². The van der Waals surface area contributed by atoms with Gasteiger partial charge in [0, 0.05) is 66.9 Å². The number of piperazine rings is 1. The van der Waals surface area contributed by atoms with Crippen LogP contribution in [0.15, 0.2) is 48.5 Å². The van der Waals surface area contributed by atoms with E-state index in [9.17, 15) is 9.59 Å². The van der Waals surface area contributed by atoms with Crippen LogP contribution in [0.3, 0.4) is 0 Å². The summed E-state index contributed by atoms with van der Waals surface area (Å²) in [4.78, 5) is 35.8.